The van der Waals surface area contributed by atoms with Crippen LogP contribution in [0.25, 0.3) is 11.3 Å². The summed E-state index contributed by atoms with van der Waals surface area (Å²) in [5.41, 5.74) is 1.99. The van der Waals surface area contributed by atoms with Crippen LogP contribution in [0.15, 0.2) is 53.6 Å². The molecule has 3 heterocycles. The van der Waals surface area contributed by atoms with Crippen LogP contribution in [-0.4, -0.2) is 37.4 Å². The number of rotatable bonds is 5. The van der Waals surface area contributed by atoms with Gasteiger partial charge in [-0.2, -0.15) is 5.10 Å². The fourth-order valence-corrected chi connectivity index (χ4v) is 3.35. The van der Waals surface area contributed by atoms with Crippen LogP contribution in [0.5, 0.6) is 0 Å². The summed E-state index contributed by atoms with van der Waals surface area (Å²) in [7, 11) is 0. The average molecular weight is 323 g/mol. The molecule has 0 radical (unpaired) electrons. The van der Waals surface area contributed by atoms with Gasteiger partial charge in [-0.25, -0.2) is 4.98 Å². The van der Waals surface area contributed by atoms with Gasteiger partial charge in [-0.1, -0.05) is 41.9 Å². The van der Waals surface area contributed by atoms with Crippen LogP contribution in [0, 0.1) is 0 Å². The largest absolute Gasteiger partial charge is 0.359 e. The van der Waals surface area contributed by atoms with E-state index < -0.39 is 0 Å². The predicted molar refractivity (Wildman–Crippen MR) is 90.0 cm³/mol. The molecule has 0 amide bonds. The van der Waals surface area contributed by atoms with E-state index in [4.69, 9.17) is 4.52 Å². The van der Waals surface area contributed by atoms with Crippen molar-refractivity contribution in [2.45, 2.75) is 38.4 Å². The predicted octanol–water partition coefficient (Wildman–Crippen LogP) is 2.99. The second-order valence-electron chi connectivity index (χ2n) is 6.28. The molecule has 0 N–H and O–H groups in total. The van der Waals surface area contributed by atoms with E-state index >= 15 is 0 Å². The van der Waals surface area contributed by atoms with Crippen molar-refractivity contribution in [2.75, 3.05) is 6.54 Å². The molecule has 4 rings (SSSR count). The lowest BCUT2D eigenvalue weighted by Gasteiger charge is -2.34. The zero-order valence-corrected chi connectivity index (χ0v) is 13.6. The zero-order valence-electron chi connectivity index (χ0n) is 13.6. The summed E-state index contributed by atoms with van der Waals surface area (Å²) >= 11 is 0. The van der Waals surface area contributed by atoms with Gasteiger partial charge in [0.1, 0.15) is 18.3 Å². The van der Waals surface area contributed by atoms with Gasteiger partial charge >= 0.3 is 0 Å². The molecule has 1 aromatic carbocycles. The van der Waals surface area contributed by atoms with E-state index in [1.54, 1.807) is 12.7 Å². The Kier molecular flexibility index (Phi) is 4.38. The highest BCUT2D eigenvalue weighted by molar-refractivity contribution is 5.58. The number of benzene rings is 1. The monoisotopic (exact) mass is 323 g/mol. The van der Waals surface area contributed by atoms with E-state index in [0.29, 0.717) is 6.04 Å². The first-order chi connectivity index (χ1) is 11.9. The maximum atomic E-state index is 5.58. The lowest BCUT2D eigenvalue weighted by atomic mass is 10.0. The van der Waals surface area contributed by atoms with E-state index in [9.17, 15) is 0 Å². The van der Waals surface area contributed by atoms with Crippen LogP contribution in [0.1, 0.15) is 25.0 Å². The Labute approximate surface area is 141 Å². The van der Waals surface area contributed by atoms with Gasteiger partial charge in [0.15, 0.2) is 5.76 Å². The molecule has 1 unspecified atom stereocenters. The highest BCUT2D eigenvalue weighted by atomic mass is 16.5. The molecule has 0 aliphatic carbocycles. The number of hydrogen-bond acceptors (Lipinski definition) is 5. The first-order valence-corrected chi connectivity index (χ1v) is 8.46. The average Bonchev–Trinajstić information content (AvgIpc) is 3.29. The van der Waals surface area contributed by atoms with Crippen LogP contribution >= 0.6 is 0 Å². The molecule has 1 aliphatic heterocycles. The first kappa shape index (κ1) is 15.1. The van der Waals surface area contributed by atoms with Crippen molar-refractivity contribution >= 4 is 0 Å². The van der Waals surface area contributed by atoms with Crippen molar-refractivity contribution in [1.29, 1.82) is 0 Å². The van der Waals surface area contributed by atoms with Gasteiger partial charge in [0.25, 0.3) is 0 Å². The molecule has 24 heavy (non-hydrogen) atoms. The van der Waals surface area contributed by atoms with Crippen LogP contribution in [0.3, 0.4) is 0 Å². The minimum absolute atomic E-state index is 0.464. The fraction of sp³-hybridized carbons (Fsp3) is 0.389. The van der Waals surface area contributed by atoms with Gasteiger partial charge in [0.05, 0.1) is 13.1 Å². The standard InChI is InChI=1S/C18H21N5O/c1-2-6-15(7-3-1)18-10-17(24-21-18)12-22-9-5-4-8-16(22)11-23-14-19-13-20-23/h1-3,6-7,10,13-14,16H,4-5,8-9,11-12H2. The Hall–Kier alpha value is -2.47. The van der Waals surface area contributed by atoms with E-state index in [0.717, 1.165) is 36.7 Å². The normalized spacial score (nSPS) is 18.8. The quantitative estimate of drug-likeness (QED) is 0.722. The lowest BCUT2D eigenvalue weighted by molar-refractivity contribution is 0.110. The van der Waals surface area contributed by atoms with Gasteiger partial charge in [-0.15, -0.1) is 0 Å². The molecular formula is C18H21N5O. The Morgan fingerprint density at radius 2 is 2.08 bits per heavy atom. The van der Waals surface area contributed by atoms with Gasteiger partial charge in [0, 0.05) is 17.7 Å². The number of likely N-dealkylation sites (tertiary alicyclic amines) is 1. The number of nitrogens with zero attached hydrogens (tertiary/aromatic N) is 5. The van der Waals surface area contributed by atoms with E-state index in [1.807, 2.05) is 22.9 Å². The van der Waals surface area contributed by atoms with Gasteiger partial charge < -0.3 is 4.52 Å². The Balaban J connectivity index is 1.46. The molecule has 6 nitrogen and oxygen atoms in total. The molecule has 124 valence electrons. The molecular weight excluding hydrogens is 302 g/mol. The molecule has 1 atom stereocenters. The smallest absolute Gasteiger partial charge is 0.151 e. The zero-order chi connectivity index (χ0) is 16.2. The third-order valence-corrected chi connectivity index (χ3v) is 4.60. The molecule has 3 aromatic rings. The summed E-state index contributed by atoms with van der Waals surface area (Å²) < 4.78 is 7.49. The highest BCUT2D eigenvalue weighted by Crippen LogP contribution is 2.23. The summed E-state index contributed by atoms with van der Waals surface area (Å²) in [6, 6.07) is 12.7. The summed E-state index contributed by atoms with van der Waals surface area (Å²) in [4.78, 5) is 6.51. The number of hydrogen-bond donors (Lipinski definition) is 0. The molecule has 6 heteroatoms. The number of piperidine rings is 1. The third-order valence-electron chi connectivity index (χ3n) is 4.60. The molecule has 0 spiro atoms. The lowest BCUT2D eigenvalue weighted by Crippen LogP contribution is -2.41. The molecule has 1 aliphatic rings. The van der Waals surface area contributed by atoms with E-state index in [2.05, 4.69) is 38.3 Å². The Bertz CT molecular complexity index is 753. The molecule has 0 saturated carbocycles. The molecule has 1 saturated heterocycles. The van der Waals surface area contributed by atoms with Gasteiger partial charge in [0.2, 0.25) is 0 Å². The van der Waals surface area contributed by atoms with Crippen molar-refractivity contribution in [1.82, 2.24) is 24.8 Å². The summed E-state index contributed by atoms with van der Waals surface area (Å²) in [6.45, 7) is 2.75. The minimum atomic E-state index is 0.464. The Morgan fingerprint density at radius 3 is 2.92 bits per heavy atom. The van der Waals surface area contributed by atoms with Crippen LogP contribution in [0.4, 0.5) is 0 Å². The topological polar surface area (TPSA) is 60.0 Å². The third kappa shape index (κ3) is 3.38. The summed E-state index contributed by atoms with van der Waals surface area (Å²) in [5.74, 6) is 0.916. The van der Waals surface area contributed by atoms with E-state index in [-0.39, 0.29) is 0 Å². The van der Waals surface area contributed by atoms with Crippen molar-refractivity contribution in [3.63, 3.8) is 0 Å². The summed E-state index contributed by atoms with van der Waals surface area (Å²) in [5, 5.41) is 8.46. The second-order valence-corrected chi connectivity index (χ2v) is 6.28. The van der Waals surface area contributed by atoms with Crippen molar-refractivity contribution in [3.8, 4) is 11.3 Å². The molecule has 0 bridgehead atoms. The maximum Gasteiger partial charge on any atom is 0.151 e. The maximum absolute atomic E-state index is 5.58. The first-order valence-electron chi connectivity index (χ1n) is 8.46. The molecule has 1 fully saturated rings. The molecule has 2 aromatic heterocycles. The van der Waals surface area contributed by atoms with Crippen LogP contribution in [-0.2, 0) is 13.1 Å². The van der Waals surface area contributed by atoms with Crippen LogP contribution < -0.4 is 0 Å². The highest BCUT2D eigenvalue weighted by Gasteiger charge is 2.24. The van der Waals surface area contributed by atoms with Gasteiger partial charge in [-0.05, 0) is 19.4 Å². The van der Waals surface area contributed by atoms with Crippen LogP contribution in [0.2, 0.25) is 0 Å². The number of aromatic nitrogens is 4. The van der Waals surface area contributed by atoms with Crippen molar-refractivity contribution in [2.24, 2.45) is 0 Å². The Morgan fingerprint density at radius 1 is 1.17 bits per heavy atom. The van der Waals surface area contributed by atoms with E-state index in [1.165, 1.54) is 19.3 Å². The van der Waals surface area contributed by atoms with Crippen molar-refractivity contribution in [3.05, 3.63) is 54.8 Å². The fourth-order valence-electron chi connectivity index (χ4n) is 3.35. The van der Waals surface area contributed by atoms with Gasteiger partial charge in [-0.3, -0.25) is 9.58 Å². The SMILES string of the molecule is c1ccc(-c2cc(CN3CCCCC3Cn3cncn3)on2)cc1. The summed E-state index contributed by atoms with van der Waals surface area (Å²) in [6.07, 6.45) is 7.05. The second kappa shape index (κ2) is 6.97. The van der Waals surface area contributed by atoms with Crippen molar-refractivity contribution < 1.29 is 4.52 Å². The minimum Gasteiger partial charge on any atom is -0.359 e.